The molecule has 3 heterocycles. The molecule has 7 nitrogen and oxygen atoms in total. The third-order valence-corrected chi connectivity index (χ3v) is 5.95. The Morgan fingerprint density at radius 1 is 0.925 bits per heavy atom. The SMILES string of the molecule is O=C(O)C(F)(F)F.O=c1[nH]ccc2nc(-c3ccc(CNCCc4cccnc4)cc3)c(-c3ccccc3)cc12. The monoisotopic (exact) mass is 546 g/mol. The number of carboxylic acid groups (broad SMARTS) is 1. The van der Waals surface area contributed by atoms with Crippen LogP contribution in [0.4, 0.5) is 13.2 Å². The normalized spacial score (nSPS) is 11.1. The third-order valence-electron chi connectivity index (χ3n) is 5.95. The number of fused-ring (bicyclic) bond motifs is 1. The second-order valence-corrected chi connectivity index (χ2v) is 8.78. The van der Waals surface area contributed by atoms with E-state index in [-0.39, 0.29) is 5.56 Å². The van der Waals surface area contributed by atoms with Crippen molar-refractivity contribution in [2.75, 3.05) is 6.54 Å². The van der Waals surface area contributed by atoms with Crippen molar-refractivity contribution in [1.82, 2.24) is 20.3 Å². The second kappa shape index (κ2) is 12.8. The first-order chi connectivity index (χ1) is 19.2. The summed E-state index contributed by atoms with van der Waals surface area (Å²) in [5, 5.41) is 11.2. The summed E-state index contributed by atoms with van der Waals surface area (Å²) in [6.07, 6.45) is 1.21. The molecule has 3 N–H and O–H groups in total. The highest BCUT2D eigenvalue weighted by molar-refractivity contribution is 5.91. The van der Waals surface area contributed by atoms with Crippen molar-refractivity contribution in [3.05, 3.63) is 119 Å². The zero-order chi connectivity index (χ0) is 28.5. The number of halogens is 3. The van der Waals surface area contributed by atoms with E-state index in [9.17, 15) is 18.0 Å². The zero-order valence-electron chi connectivity index (χ0n) is 21.2. The van der Waals surface area contributed by atoms with E-state index < -0.39 is 12.1 Å². The predicted octanol–water partition coefficient (Wildman–Crippen LogP) is 5.62. The Morgan fingerprint density at radius 3 is 2.30 bits per heavy atom. The highest BCUT2D eigenvalue weighted by Gasteiger charge is 2.38. The van der Waals surface area contributed by atoms with Crippen LogP contribution in [0.15, 0.2) is 102 Å². The fourth-order valence-electron chi connectivity index (χ4n) is 3.96. The van der Waals surface area contributed by atoms with Crippen LogP contribution >= 0.6 is 0 Å². The second-order valence-electron chi connectivity index (χ2n) is 8.78. The number of aromatic nitrogens is 3. The van der Waals surface area contributed by atoms with Crippen LogP contribution in [-0.4, -0.2) is 38.7 Å². The molecule has 0 bridgehead atoms. The van der Waals surface area contributed by atoms with Crippen molar-refractivity contribution >= 4 is 16.9 Å². The van der Waals surface area contributed by atoms with Gasteiger partial charge in [0.25, 0.3) is 5.56 Å². The summed E-state index contributed by atoms with van der Waals surface area (Å²) in [6.45, 7) is 1.69. The molecule has 0 fully saturated rings. The minimum atomic E-state index is -5.08. The van der Waals surface area contributed by atoms with Gasteiger partial charge in [-0.1, -0.05) is 60.7 Å². The molecule has 40 heavy (non-hydrogen) atoms. The number of hydrogen-bond acceptors (Lipinski definition) is 5. The molecule has 0 aliphatic rings. The van der Waals surface area contributed by atoms with Crippen molar-refractivity contribution < 1.29 is 23.1 Å². The van der Waals surface area contributed by atoms with Crippen LogP contribution in [0.1, 0.15) is 11.1 Å². The molecule has 0 amide bonds. The Morgan fingerprint density at radius 2 is 1.65 bits per heavy atom. The quantitative estimate of drug-likeness (QED) is 0.229. The van der Waals surface area contributed by atoms with Crippen LogP contribution in [0.5, 0.6) is 0 Å². The summed E-state index contributed by atoms with van der Waals surface area (Å²) >= 11 is 0. The summed E-state index contributed by atoms with van der Waals surface area (Å²) in [6, 6.07) is 26.4. The summed E-state index contributed by atoms with van der Waals surface area (Å²) in [5.74, 6) is -2.76. The van der Waals surface area contributed by atoms with E-state index in [0.29, 0.717) is 10.9 Å². The van der Waals surface area contributed by atoms with Crippen LogP contribution in [0, 0.1) is 0 Å². The Bertz CT molecular complexity index is 1620. The van der Waals surface area contributed by atoms with Crippen LogP contribution in [0.25, 0.3) is 33.3 Å². The van der Waals surface area contributed by atoms with Crippen LogP contribution < -0.4 is 10.9 Å². The summed E-state index contributed by atoms with van der Waals surface area (Å²) < 4.78 is 31.7. The first-order valence-corrected chi connectivity index (χ1v) is 12.3. The maximum atomic E-state index is 12.4. The summed E-state index contributed by atoms with van der Waals surface area (Å²) in [4.78, 5) is 33.0. The molecule has 0 saturated carbocycles. The van der Waals surface area contributed by atoms with E-state index in [1.165, 1.54) is 11.1 Å². The topological polar surface area (TPSA) is 108 Å². The largest absolute Gasteiger partial charge is 0.490 e. The molecule has 5 aromatic rings. The maximum absolute atomic E-state index is 12.4. The van der Waals surface area contributed by atoms with Gasteiger partial charge in [0.2, 0.25) is 0 Å². The van der Waals surface area contributed by atoms with E-state index in [1.54, 1.807) is 12.4 Å². The number of pyridine rings is 3. The molecular formula is C30H25F3N4O3. The lowest BCUT2D eigenvalue weighted by molar-refractivity contribution is -0.192. The number of aliphatic carboxylic acids is 1. The molecule has 2 aromatic carbocycles. The molecule has 0 radical (unpaired) electrons. The number of alkyl halides is 3. The third kappa shape index (κ3) is 7.39. The molecule has 204 valence electrons. The lowest BCUT2D eigenvalue weighted by atomic mass is 9.97. The number of aromatic amines is 1. The number of rotatable bonds is 7. The standard InChI is InChI=1S/C28H24N4O.C2HF3O2/c33-28-25-17-24(22-6-2-1-3-7-22)27(32-26(25)13-16-31-28)23-10-8-21(9-11-23)19-30-15-12-20-5-4-14-29-18-20;3-2(4,5)1(6)7/h1-11,13-14,16-18,30H,12,15,19H2,(H,31,33);(H,6,7). The molecule has 5 rings (SSSR count). The molecule has 0 aliphatic heterocycles. The number of nitrogens with zero attached hydrogens (tertiary/aromatic N) is 2. The molecule has 3 aromatic heterocycles. The highest BCUT2D eigenvalue weighted by Crippen LogP contribution is 2.32. The number of benzene rings is 2. The lowest BCUT2D eigenvalue weighted by Gasteiger charge is -2.12. The Hall–Kier alpha value is -4.83. The van der Waals surface area contributed by atoms with Gasteiger partial charge in [0, 0.05) is 36.3 Å². The smallest absolute Gasteiger partial charge is 0.475 e. The van der Waals surface area contributed by atoms with Gasteiger partial charge in [0.05, 0.1) is 16.6 Å². The minimum absolute atomic E-state index is 0.128. The fourth-order valence-corrected chi connectivity index (χ4v) is 3.96. The summed E-state index contributed by atoms with van der Waals surface area (Å²) in [7, 11) is 0. The van der Waals surface area contributed by atoms with Crippen molar-refractivity contribution in [2.24, 2.45) is 0 Å². The van der Waals surface area contributed by atoms with Gasteiger partial charge in [-0.3, -0.25) is 9.78 Å². The van der Waals surface area contributed by atoms with Crippen molar-refractivity contribution in [2.45, 2.75) is 19.1 Å². The van der Waals surface area contributed by atoms with Crippen LogP contribution in [0.3, 0.4) is 0 Å². The van der Waals surface area contributed by atoms with E-state index in [2.05, 4.69) is 45.6 Å². The van der Waals surface area contributed by atoms with Gasteiger partial charge in [-0.25, -0.2) is 9.78 Å². The lowest BCUT2D eigenvalue weighted by Crippen LogP contribution is -2.21. The molecule has 10 heteroatoms. The van der Waals surface area contributed by atoms with E-state index in [4.69, 9.17) is 14.9 Å². The van der Waals surface area contributed by atoms with Crippen molar-refractivity contribution in [3.63, 3.8) is 0 Å². The Balaban J connectivity index is 0.000000470. The first kappa shape index (κ1) is 28.2. The average molecular weight is 547 g/mol. The molecular weight excluding hydrogens is 521 g/mol. The Kier molecular flexibility index (Phi) is 9.03. The summed E-state index contributed by atoms with van der Waals surface area (Å²) in [5.41, 5.74) is 6.88. The number of nitrogens with one attached hydrogen (secondary N) is 2. The van der Waals surface area contributed by atoms with Gasteiger partial charge < -0.3 is 15.4 Å². The Labute approximate surface area is 227 Å². The number of carbonyl (C=O) groups is 1. The molecule has 0 atom stereocenters. The van der Waals surface area contributed by atoms with E-state index in [1.807, 2.05) is 54.7 Å². The first-order valence-electron chi connectivity index (χ1n) is 12.3. The van der Waals surface area contributed by atoms with Gasteiger partial charge in [-0.05, 0) is 47.9 Å². The number of H-pyrrole nitrogens is 1. The maximum Gasteiger partial charge on any atom is 0.490 e. The number of carboxylic acids is 1. The average Bonchev–Trinajstić information content (AvgIpc) is 2.96. The van der Waals surface area contributed by atoms with E-state index >= 15 is 0 Å². The fraction of sp³-hybridized carbons (Fsp3) is 0.133. The molecule has 0 unspecified atom stereocenters. The van der Waals surface area contributed by atoms with Crippen molar-refractivity contribution in [1.29, 1.82) is 0 Å². The molecule has 0 spiro atoms. The van der Waals surface area contributed by atoms with Crippen LogP contribution in [0.2, 0.25) is 0 Å². The van der Waals surface area contributed by atoms with Gasteiger partial charge in [-0.2, -0.15) is 13.2 Å². The van der Waals surface area contributed by atoms with Gasteiger partial charge >= 0.3 is 12.1 Å². The van der Waals surface area contributed by atoms with Gasteiger partial charge in [-0.15, -0.1) is 0 Å². The molecule has 0 aliphatic carbocycles. The predicted molar refractivity (Wildman–Crippen MR) is 147 cm³/mol. The van der Waals surface area contributed by atoms with E-state index in [0.717, 1.165) is 41.9 Å². The molecule has 0 saturated heterocycles. The van der Waals surface area contributed by atoms with Crippen molar-refractivity contribution in [3.8, 4) is 22.4 Å². The zero-order valence-corrected chi connectivity index (χ0v) is 21.2. The van der Waals surface area contributed by atoms with Gasteiger partial charge in [0.1, 0.15) is 0 Å². The number of hydrogen-bond donors (Lipinski definition) is 3. The highest BCUT2D eigenvalue weighted by atomic mass is 19.4. The van der Waals surface area contributed by atoms with Crippen LogP contribution in [-0.2, 0) is 17.8 Å². The van der Waals surface area contributed by atoms with Gasteiger partial charge in [0.15, 0.2) is 0 Å². The minimum Gasteiger partial charge on any atom is -0.475 e.